The molecule has 0 amide bonds. The first kappa shape index (κ1) is 14.3. The van der Waals surface area contributed by atoms with Crippen molar-refractivity contribution in [1.29, 1.82) is 0 Å². The molecule has 2 aliphatic heterocycles. The van der Waals surface area contributed by atoms with Gasteiger partial charge in [-0.3, -0.25) is 4.90 Å². The van der Waals surface area contributed by atoms with Gasteiger partial charge in [0.05, 0.1) is 6.04 Å². The second-order valence-corrected chi connectivity index (χ2v) is 7.04. The van der Waals surface area contributed by atoms with Crippen LogP contribution in [-0.2, 0) is 6.42 Å². The van der Waals surface area contributed by atoms with Crippen LogP contribution in [0.15, 0.2) is 24.3 Å². The fourth-order valence-electron chi connectivity index (χ4n) is 5.03. The number of H-pyrrole nitrogens is 1. The van der Waals surface area contributed by atoms with Crippen molar-refractivity contribution in [3.05, 3.63) is 35.5 Å². The van der Waals surface area contributed by atoms with E-state index in [2.05, 4.69) is 41.1 Å². The Hall–Kier alpha value is -1.32. The van der Waals surface area contributed by atoms with E-state index in [9.17, 15) is 5.11 Å². The first-order chi connectivity index (χ1) is 10.8. The molecule has 1 saturated heterocycles. The normalized spacial score (nSPS) is 28.5. The van der Waals surface area contributed by atoms with Crippen LogP contribution in [-0.4, -0.2) is 34.7 Å². The largest absolute Gasteiger partial charge is 0.396 e. The zero-order valence-corrected chi connectivity index (χ0v) is 13.4. The lowest BCUT2D eigenvalue weighted by Crippen LogP contribution is -2.49. The second-order valence-electron chi connectivity index (χ2n) is 7.04. The molecule has 1 fully saturated rings. The minimum Gasteiger partial charge on any atom is -0.396 e. The van der Waals surface area contributed by atoms with Crippen LogP contribution in [0.3, 0.4) is 0 Å². The van der Waals surface area contributed by atoms with Crippen molar-refractivity contribution in [3.63, 3.8) is 0 Å². The number of para-hydroxylation sites is 1. The van der Waals surface area contributed by atoms with Crippen LogP contribution in [0.2, 0.25) is 0 Å². The summed E-state index contributed by atoms with van der Waals surface area (Å²) < 4.78 is 0. The van der Waals surface area contributed by atoms with E-state index in [-0.39, 0.29) is 5.41 Å². The number of benzene rings is 1. The Kier molecular flexibility index (Phi) is 3.50. The number of hydrogen-bond acceptors (Lipinski definition) is 2. The highest BCUT2D eigenvalue weighted by Crippen LogP contribution is 2.53. The fourth-order valence-corrected chi connectivity index (χ4v) is 5.03. The van der Waals surface area contributed by atoms with Crippen LogP contribution in [0.25, 0.3) is 10.9 Å². The van der Waals surface area contributed by atoms with Crippen molar-refractivity contribution in [2.24, 2.45) is 5.41 Å². The summed E-state index contributed by atoms with van der Waals surface area (Å²) >= 11 is 0. The maximum atomic E-state index is 9.66. The van der Waals surface area contributed by atoms with Gasteiger partial charge in [0.25, 0.3) is 0 Å². The lowest BCUT2D eigenvalue weighted by Gasteiger charge is -2.52. The number of piperidine rings is 1. The lowest BCUT2D eigenvalue weighted by molar-refractivity contribution is -0.0169. The molecule has 2 atom stereocenters. The third-order valence-corrected chi connectivity index (χ3v) is 6.15. The SMILES string of the molecule is CC[C@@]1(CCO)CCCN2CCc3c([nH]c4ccccc34)[C@H]21. The molecular weight excluding hydrogens is 272 g/mol. The number of aliphatic hydroxyl groups excluding tert-OH is 1. The summed E-state index contributed by atoms with van der Waals surface area (Å²) in [5.74, 6) is 0. The Morgan fingerprint density at radius 3 is 3.00 bits per heavy atom. The van der Waals surface area contributed by atoms with Gasteiger partial charge in [-0.05, 0) is 55.7 Å². The Balaban J connectivity index is 1.88. The van der Waals surface area contributed by atoms with Crippen molar-refractivity contribution in [2.75, 3.05) is 19.7 Å². The number of nitrogens with zero attached hydrogens (tertiary/aromatic N) is 1. The zero-order chi connectivity index (χ0) is 15.2. The van der Waals surface area contributed by atoms with E-state index >= 15 is 0 Å². The van der Waals surface area contributed by atoms with Gasteiger partial charge in [0, 0.05) is 29.7 Å². The van der Waals surface area contributed by atoms with E-state index in [0.717, 1.165) is 25.8 Å². The van der Waals surface area contributed by atoms with Gasteiger partial charge in [-0.2, -0.15) is 0 Å². The fraction of sp³-hybridized carbons (Fsp3) is 0.579. The van der Waals surface area contributed by atoms with Crippen LogP contribution in [0.5, 0.6) is 0 Å². The molecule has 2 N–H and O–H groups in total. The number of fused-ring (bicyclic) bond motifs is 5. The Morgan fingerprint density at radius 2 is 2.18 bits per heavy atom. The van der Waals surface area contributed by atoms with Crippen LogP contribution in [0, 0.1) is 5.41 Å². The van der Waals surface area contributed by atoms with Crippen molar-refractivity contribution in [2.45, 2.75) is 45.1 Å². The van der Waals surface area contributed by atoms with Gasteiger partial charge in [0.2, 0.25) is 0 Å². The number of aliphatic hydroxyl groups is 1. The first-order valence-corrected chi connectivity index (χ1v) is 8.73. The molecule has 3 heteroatoms. The maximum Gasteiger partial charge on any atom is 0.0559 e. The van der Waals surface area contributed by atoms with Gasteiger partial charge in [0.1, 0.15) is 0 Å². The summed E-state index contributed by atoms with van der Waals surface area (Å²) in [7, 11) is 0. The van der Waals surface area contributed by atoms with Crippen LogP contribution in [0.1, 0.15) is 49.9 Å². The summed E-state index contributed by atoms with van der Waals surface area (Å²) in [5.41, 5.74) is 4.45. The van der Waals surface area contributed by atoms with E-state index in [1.54, 1.807) is 0 Å². The highest BCUT2D eigenvalue weighted by molar-refractivity contribution is 5.85. The third-order valence-electron chi connectivity index (χ3n) is 6.15. The van der Waals surface area contributed by atoms with E-state index in [0.29, 0.717) is 12.6 Å². The third kappa shape index (κ3) is 1.95. The molecule has 1 aromatic carbocycles. The zero-order valence-electron chi connectivity index (χ0n) is 13.4. The molecule has 2 aromatic rings. The Labute approximate surface area is 132 Å². The molecule has 4 rings (SSSR count). The molecule has 2 aliphatic rings. The van der Waals surface area contributed by atoms with Gasteiger partial charge in [-0.25, -0.2) is 0 Å². The summed E-state index contributed by atoms with van der Waals surface area (Å²) in [4.78, 5) is 6.41. The summed E-state index contributed by atoms with van der Waals surface area (Å²) in [5, 5.41) is 11.1. The van der Waals surface area contributed by atoms with E-state index in [4.69, 9.17) is 0 Å². The van der Waals surface area contributed by atoms with Crippen molar-refractivity contribution in [3.8, 4) is 0 Å². The first-order valence-electron chi connectivity index (χ1n) is 8.73. The molecule has 0 bridgehead atoms. The average molecular weight is 298 g/mol. The van der Waals surface area contributed by atoms with E-state index < -0.39 is 0 Å². The van der Waals surface area contributed by atoms with Crippen LogP contribution in [0.4, 0.5) is 0 Å². The molecule has 22 heavy (non-hydrogen) atoms. The molecule has 0 aliphatic carbocycles. The minimum atomic E-state index is 0.225. The maximum absolute atomic E-state index is 9.66. The van der Waals surface area contributed by atoms with Crippen LogP contribution < -0.4 is 0 Å². The molecule has 0 unspecified atom stereocenters. The Bertz CT molecular complexity index is 673. The lowest BCUT2D eigenvalue weighted by atomic mass is 9.66. The van der Waals surface area contributed by atoms with Crippen molar-refractivity contribution >= 4 is 10.9 Å². The van der Waals surface area contributed by atoms with Crippen molar-refractivity contribution in [1.82, 2.24) is 9.88 Å². The minimum absolute atomic E-state index is 0.225. The number of rotatable bonds is 3. The van der Waals surface area contributed by atoms with E-state index in [1.807, 2.05) is 0 Å². The highest BCUT2D eigenvalue weighted by Gasteiger charge is 2.46. The molecule has 3 heterocycles. The molecule has 0 saturated carbocycles. The van der Waals surface area contributed by atoms with Crippen molar-refractivity contribution < 1.29 is 5.11 Å². The topological polar surface area (TPSA) is 39.3 Å². The van der Waals surface area contributed by atoms with Gasteiger partial charge in [-0.15, -0.1) is 0 Å². The average Bonchev–Trinajstić information content (AvgIpc) is 2.93. The second kappa shape index (κ2) is 5.39. The molecule has 0 spiro atoms. The monoisotopic (exact) mass is 298 g/mol. The van der Waals surface area contributed by atoms with Gasteiger partial charge in [0.15, 0.2) is 0 Å². The smallest absolute Gasteiger partial charge is 0.0559 e. The number of aromatic amines is 1. The quantitative estimate of drug-likeness (QED) is 0.908. The summed E-state index contributed by atoms with van der Waals surface area (Å²) in [6.07, 6.45) is 5.71. The molecule has 0 radical (unpaired) electrons. The predicted octanol–water partition coefficient (Wildman–Crippen LogP) is 3.64. The van der Waals surface area contributed by atoms with Gasteiger partial charge < -0.3 is 10.1 Å². The predicted molar refractivity (Wildman–Crippen MR) is 90.0 cm³/mol. The number of hydrogen-bond donors (Lipinski definition) is 2. The summed E-state index contributed by atoms with van der Waals surface area (Å²) in [6, 6.07) is 9.16. The molecular formula is C19H26N2O. The molecule has 1 aromatic heterocycles. The van der Waals surface area contributed by atoms with E-state index in [1.165, 1.54) is 41.5 Å². The number of nitrogens with one attached hydrogen (secondary N) is 1. The summed E-state index contributed by atoms with van der Waals surface area (Å²) in [6.45, 7) is 4.96. The Morgan fingerprint density at radius 1 is 1.32 bits per heavy atom. The van der Waals surface area contributed by atoms with Gasteiger partial charge >= 0.3 is 0 Å². The molecule has 118 valence electrons. The van der Waals surface area contributed by atoms with Gasteiger partial charge in [-0.1, -0.05) is 25.1 Å². The highest BCUT2D eigenvalue weighted by atomic mass is 16.3. The molecule has 3 nitrogen and oxygen atoms in total. The van der Waals surface area contributed by atoms with Crippen LogP contribution >= 0.6 is 0 Å². The standard InChI is InChI=1S/C19H26N2O/c1-2-19(10-13-22)9-5-11-21-12-8-15-14-6-3-4-7-16(14)20-17(15)18(19)21/h3-4,6-7,18,20,22H,2,5,8-13H2,1H3/t18-,19-/m0/s1. The number of aromatic nitrogens is 1.